The van der Waals surface area contributed by atoms with E-state index in [9.17, 15) is 13.2 Å². The second-order valence-corrected chi connectivity index (χ2v) is 4.32. The van der Waals surface area contributed by atoms with Crippen molar-refractivity contribution in [1.82, 2.24) is 4.98 Å². The van der Waals surface area contributed by atoms with Gasteiger partial charge in [-0.2, -0.15) is 13.2 Å². The molecule has 19 heavy (non-hydrogen) atoms. The van der Waals surface area contributed by atoms with Crippen LogP contribution >= 0.6 is 12.2 Å². The van der Waals surface area contributed by atoms with Gasteiger partial charge < -0.3 is 15.8 Å². The van der Waals surface area contributed by atoms with E-state index in [-0.39, 0.29) is 22.5 Å². The lowest BCUT2D eigenvalue weighted by molar-refractivity contribution is -0.141. The topological polar surface area (TPSA) is 60.2 Å². The molecule has 0 saturated heterocycles. The molecule has 0 bridgehead atoms. The van der Waals surface area contributed by atoms with Crippen LogP contribution in [0.15, 0.2) is 12.1 Å². The van der Waals surface area contributed by atoms with Crippen molar-refractivity contribution in [1.29, 1.82) is 0 Å². The molecule has 0 aliphatic rings. The van der Waals surface area contributed by atoms with Gasteiger partial charge >= 0.3 is 6.18 Å². The first-order chi connectivity index (χ1) is 8.75. The van der Waals surface area contributed by atoms with Crippen LogP contribution in [0.2, 0.25) is 0 Å². The number of ether oxygens (including phenoxy) is 1. The third-order valence-electron chi connectivity index (χ3n) is 2.41. The maximum absolute atomic E-state index is 12.6. The normalized spacial score (nSPS) is 13.1. The van der Waals surface area contributed by atoms with Crippen molar-refractivity contribution in [3.8, 4) is 0 Å². The van der Waals surface area contributed by atoms with Crippen LogP contribution in [0.4, 0.5) is 19.0 Å². The summed E-state index contributed by atoms with van der Waals surface area (Å²) in [5, 5.41) is 2.75. The number of nitrogens with zero attached hydrogens (tertiary/aromatic N) is 1. The van der Waals surface area contributed by atoms with E-state index in [1.165, 1.54) is 13.2 Å². The molecule has 0 spiro atoms. The lowest BCUT2D eigenvalue weighted by Crippen LogP contribution is -2.22. The van der Waals surface area contributed by atoms with Crippen LogP contribution in [0.25, 0.3) is 0 Å². The number of halogens is 3. The van der Waals surface area contributed by atoms with Crippen molar-refractivity contribution in [2.24, 2.45) is 5.73 Å². The number of rotatable bonds is 5. The van der Waals surface area contributed by atoms with Crippen molar-refractivity contribution < 1.29 is 17.9 Å². The van der Waals surface area contributed by atoms with Gasteiger partial charge in [-0.25, -0.2) is 4.98 Å². The number of nitrogens with two attached hydrogens (primary N) is 1. The SMILES string of the molecule is COC(C)CNc1nc(C(F)(F)F)ccc1C(N)=S. The molecule has 0 saturated carbocycles. The third-order valence-corrected chi connectivity index (χ3v) is 2.63. The number of hydrogen-bond acceptors (Lipinski definition) is 4. The number of methoxy groups -OCH3 is 1. The molecule has 0 aliphatic carbocycles. The average molecular weight is 293 g/mol. The highest BCUT2D eigenvalue weighted by molar-refractivity contribution is 7.80. The minimum Gasteiger partial charge on any atom is -0.389 e. The average Bonchev–Trinajstić information content (AvgIpc) is 2.34. The van der Waals surface area contributed by atoms with Crippen LogP contribution in [0.5, 0.6) is 0 Å². The van der Waals surface area contributed by atoms with Gasteiger partial charge in [0.05, 0.1) is 11.7 Å². The number of alkyl halides is 3. The molecule has 4 nitrogen and oxygen atoms in total. The fraction of sp³-hybridized carbons (Fsp3) is 0.455. The van der Waals surface area contributed by atoms with Crippen molar-refractivity contribution in [3.05, 3.63) is 23.4 Å². The van der Waals surface area contributed by atoms with Gasteiger partial charge in [-0.3, -0.25) is 0 Å². The molecule has 1 aromatic heterocycles. The summed E-state index contributed by atoms with van der Waals surface area (Å²) in [6.45, 7) is 2.06. The Hall–Kier alpha value is -1.41. The summed E-state index contributed by atoms with van der Waals surface area (Å²) in [6.07, 6.45) is -4.70. The smallest absolute Gasteiger partial charge is 0.389 e. The Kier molecular flexibility index (Phi) is 5.07. The molecule has 0 amide bonds. The number of thiocarbonyl (C=S) groups is 1. The standard InChI is InChI=1S/C11H14F3N3OS/c1-6(18-2)5-16-10-7(9(15)19)3-4-8(17-10)11(12,13)14/h3-4,6H,5H2,1-2H3,(H2,15,19)(H,16,17). The van der Waals surface area contributed by atoms with Gasteiger partial charge in [0.15, 0.2) is 0 Å². The van der Waals surface area contributed by atoms with Crippen LogP contribution in [-0.4, -0.2) is 29.7 Å². The highest BCUT2D eigenvalue weighted by Gasteiger charge is 2.33. The highest BCUT2D eigenvalue weighted by atomic mass is 32.1. The number of aromatic nitrogens is 1. The maximum Gasteiger partial charge on any atom is 0.433 e. The molecule has 1 rings (SSSR count). The number of hydrogen-bond donors (Lipinski definition) is 2. The molecule has 1 unspecified atom stereocenters. The first kappa shape index (κ1) is 15.6. The zero-order valence-electron chi connectivity index (χ0n) is 10.4. The lowest BCUT2D eigenvalue weighted by Gasteiger charge is -2.15. The van der Waals surface area contributed by atoms with Gasteiger partial charge in [-0.05, 0) is 19.1 Å². The highest BCUT2D eigenvalue weighted by Crippen LogP contribution is 2.29. The van der Waals surface area contributed by atoms with Gasteiger partial charge in [-0.1, -0.05) is 12.2 Å². The summed E-state index contributed by atoms with van der Waals surface area (Å²) in [6, 6.07) is 2.05. The van der Waals surface area contributed by atoms with E-state index in [4.69, 9.17) is 22.7 Å². The third kappa shape index (κ3) is 4.32. The Bertz CT molecular complexity index is 465. The number of pyridine rings is 1. The van der Waals surface area contributed by atoms with Gasteiger partial charge in [-0.15, -0.1) is 0 Å². The van der Waals surface area contributed by atoms with E-state index in [2.05, 4.69) is 10.3 Å². The Labute approximate surface area is 114 Å². The second kappa shape index (κ2) is 6.16. The summed E-state index contributed by atoms with van der Waals surface area (Å²) in [5.41, 5.74) is 4.72. The Morgan fingerprint density at radius 1 is 1.53 bits per heavy atom. The minimum atomic E-state index is -4.52. The Morgan fingerprint density at radius 3 is 2.63 bits per heavy atom. The van der Waals surface area contributed by atoms with Crippen LogP contribution in [-0.2, 0) is 10.9 Å². The monoisotopic (exact) mass is 293 g/mol. The fourth-order valence-corrected chi connectivity index (χ4v) is 1.44. The molecular formula is C11H14F3N3OS. The summed E-state index contributed by atoms with van der Waals surface area (Å²) >= 11 is 4.78. The predicted octanol–water partition coefficient (Wildman–Crippen LogP) is 2.18. The molecule has 0 aliphatic heterocycles. The molecule has 1 atom stereocenters. The summed E-state index contributed by atoms with van der Waals surface area (Å²) in [5.74, 6) is 0.00576. The molecule has 0 aromatic carbocycles. The zero-order valence-corrected chi connectivity index (χ0v) is 11.2. The van der Waals surface area contributed by atoms with Crippen molar-refractivity contribution in [2.45, 2.75) is 19.2 Å². The molecule has 8 heteroatoms. The van der Waals surface area contributed by atoms with E-state index in [0.717, 1.165) is 6.07 Å². The number of nitrogens with one attached hydrogen (secondary N) is 1. The maximum atomic E-state index is 12.6. The van der Waals surface area contributed by atoms with Crippen LogP contribution in [0.1, 0.15) is 18.2 Å². The molecule has 3 N–H and O–H groups in total. The van der Waals surface area contributed by atoms with E-state index < -0.39 is 11.9 Å². The molecular weight excluding hydrogens is 279 g/mol. The first-order valence-corrected chi connectivity index (χ1v) is 5.81. The van der Waals surface area contributed by atoms with Gasteiger partial charge in [0.25, 0.3) is 0 Å². The van der Waals surface area contributed by atoms with E-state index >= 15 is 0 Å². The largest absolute Gasteiger partial charge is 0.433 e. The lowest BCUT2D eigenvalue weighted by atomic mass is 10.2. The predicted molar refractivity (Wildman–Crippen MR) is 70.1 cm³/mol. The van der Waals surface area contributed by atoms with E-state index in [0.29, 0.717) is 6.54 Å². The summed E-state index contributed by atoms with van der Waals surface area (Å²) < 4.78 is 42.8. The molecule has 0 radical (unpaired) electrons. The van der Waals surface area contributed by atoms with E-state index in [1.54, 1.807) is 6.92 Å². The van der Waals surface area contributed by atoms with E-state index in [1.807, 2.05) is 0 Å². The molecule has 106 valence electrons. The summed E-state index contributed by atoms with van der Waals surface area (Å²) in [7, 11) is 1.50. The second-order valence-electron chi connectivity index (χ2n) is 3.88. The van der Waals surface area contributed by atoms with Crippen LogP contribution < -0.4 is 11.1 Å². The molecule has 1 heterocycles. The van der Waals surface area contributed by atoms with Crippen molar-refractivity contribution in [3.63, 3.8) is 0 Å². The number of anilines is 1. The van der Waals surface area contributed by atoms with Crippen LogP contribution in [0.3, 0.4) is 0 Å². The summed E-state index contributed by atoms with van der Waals surface area (Å²) in [4.78, 5) is 3.49. The zero-order chi connectivity index (χ0) is 14.6. The van der Waals surface area contributed by atoms with Gasteiger partial charge in [0, 0.05) is 13.7 Å². The van der Waals surface area contributed by atoms with Crippen molar-refractivity contribution >= 4 is 23.0 Å². The fourth-order valence-electron chi connectivity index (χ4n) is 1.27. The Balaban J connectivity index is 3.06. The minimum absolute atomic E-state index is 0.00576. The molecule has 0 fully saturated rings. The quantitative estimate of drug-likeness (QED) is 0.815. The van der Waals surface area contributed by atoms with Gasteiger partial charge in [0.1, 0.15) is 16.5 Å². The first-order valence-electron chi connectivity index (χ1n) is 5.40. The van der Waals surface area contributed by atoms with Gasteiger partial charge in [0.2, 0.25) is 0 Å². The molecule has 1 aromatic rings. The Morgan fingerprint density at radius 2 is 2.16 bits per heavy atom. The van der Waals surface area contributed by atoms with Crippen LogP contribution in [0, 0.1) is 0 Å². The van der Waals surface area contributed by atoms with Crippen molar-refractivity contribution in [2.75, 3.05) is 19.0 Å².